The first-order valence-corrected chi connectivity index (χ1v) is 7.27. The third kappa shape index (κ3) is 5.69. The van der Waals surface area contributed by atoms with E-state index < -0.39 is 0 Å². The number of hydrogen-bond donors (Lipinski definition) is 2. The lowest BCUT2D eigenvalue weighted by atomic mass is 10.2. The molecule has 0 amide bonds. The Labute approximate surface area is 140 Å². The minimum atomic E-state index is 0. The second kappa shape index (κ2) is 8.09. The van der Waals surface area contributed by atoms with Gasteiger partial charge in [0.05, 0.1) is 6.54 Å². The molecule has 0 saturated heterocycles. The van der Waals surface area contributed by atoms with Crippen LogP contribution in [0.3, 0.4) is 0 Å². The maximum Gasteiger partial charge on any atom is 0.191 e. The van der Waals surface area contributed by atoms with E-state index in [-0.39, 0.29) is 24.0 Å². The van der Waals surface area contributed by atoms with E-state index in [2.05, 4.69) is 57.5 Å². The molecule has 5 heteroatoms. The van der Waals surface area contributed by atoms with Gasteiger partial charge < -0.3 is 10.6 Å². The van der Waals surface area contributed by atoms with Gasteiger partial charge in [0.25, 0.3) is 0 Å². The summed E-state index contributed by atoms with van der Waals surface area (Å²) in [6, 6.07) is 8.87. The maximum absolute atomic E-state index is 4.61. The van der Waals surface area contributed by atoms with Gasteiger partial charge in [-0.15, -0.1) is 24.0 Å². The normalized spacial score (nSPS) is 21.5. The highest BCUT2D eigenvalue weighted by Gasteiger charge is 2.33. The number of rotatable bonds is 4. The molecule has 0 aliphatic heterocycles. The molecule has 0 heterocycles. The van der Waals surface area contributed by atoms with Gasteiger partial charge in [-0.05, 0) is 37.0 Å². The zero-order chi connectivity index (χ0) is 13.0. The van der Waals surface area contributed by atoms with Crippen LogP contribution in [-0.4, -0.2) is 18.5 Å². The molecule has 1 saturated carbocycles. The Kier molecular flexibility index (Phi) is 7.13. The van der Waals surface area contributed by atoms with Crippen molar-refractivity contribution < 1.29 is 0 Å². The highest BCUT2D eigenvalue weighted by atomic mass is 127. The Morgan fingerprint density at radius 2 is 2.21 bits per heavy atom. The first kappa shape index (κ1) is 16.8. The zero-order valence-electron chi connectivity index (χ0n) is 11.3. The van der Waals surface area contributed by atoms with Crippen molar-refractivity contribution in [3.8, 4) is 0 Å². The van der Waals surface area contributed by atoms with Gasteiger partial charge in [0.2, 0.25) is 0 Å². The van der Waals surface area contributed by atoms with Crippen LogP contribution < -0.4 is 10.6 Å². The molecule has 1 aromatic rings. The van der Waals surface area contributed by atoms with Crippen LogP contribution in [0.4, 0.5) is 0 Å². The highest BCUT2D eigenvalue weighted by Crippen LogP contribution is 2.28. The number of benzene rings is 1. The van der Waals surface area contributed by atoms with Gasteiger partial charge in [0.1, 0.15) is 0 Å². The van der Waals surface area contributed by atoms with Crippen molar-refractivity contribution in [1.29, 1.82) is 0 Å². The molecular formula is C14H21BrIN3. The number of nitrogens with one attached hydrogen (secondary N) is 2. The standard InChI is InChI=1S/C14H20BrN3.HI/c1-3-16-14(18-13-7-10(13)2)17-9-11-5-4-6-12(15)8-11;/h4-6,8,10,13H,3,7,9H2,1-2H3,(H2,16,17,18);1H. The minimum Gasteiger partial charge on any atom is -0.357 e. The largest absolute Gasteiger partial charge is 0.357 e. The van der Waals surface area contributed by atoms with Crippen LogP contribution in [0.25, 0.3) is 0 Å². The van der Waals surface area contributed by atoms with Crippen LogP contribution in [0.2, 0.25) is 0 Å². The predicted octanol–water partition coefficient (Wildman–Crippen LogP) is 3.53. The molecular weight excluding hydrogens is 417 g/mol. The van der Waals surface area contributed by atoms with Crippen LogP contribution >= 0.6 is 39.9 Å². The van der Waals surface area contributed by atoms with Crippen LogP contribution in [0.15, 0.2) is 33.7 Å². The Hall–Kier alpha value is -0.300. The lowest BCUT2D eigenvalue weighted by Gasteiger charge is -2.10. The third-order valence-corrected chi connectivity index (χ3v) is 3.58. The maximum atomic E-state index is 4.61. The van der Waals surface area contributed by atoms with E-state index in [0.717, 1.165) is 22.9 Å². The van der Waals surface area contributed by atoms with E-state index in [9.17, 15) is 0 Å². The van der Waals surface area contributed by atoms with E-state index in [4.69, 9.17) is 0 Å². The van der Waals surface area contributed by atoms with Crippen LogP contribution in [0, 0.1) is 5.92 Å². The fourth-order valence-electron chi connectivity index (χ4n) is 1.82. The van der Waals surface area contributed by atoms with Gasteiger partial charge in [-0.3, -0.25) is 0 Å². The number of nitrogens with zero attached hydrogens (tertiary/aromatic N) is 1. The van der Waals surface area contributed by atoms with Crippen LogP contribution in [0.5, 0.6) is 0 Å². The Morgan fingerprint density at radius 3 is 2.79 bits per heavy atom. The zero-order valence-corrected chi connectivity index (χ0v) is 15.2. The molecule has 1 aliphatic carbocycles. The number of halogens is 2. The lowest BCUT2D eigenvalue weighted by molar-refractivity contribution is 0.766. The van der Waals surface area contributed by atoms with E-state index in [1.165, 1.54) is 12.0 Å². The predicted molar refractivity (Wildman–Crippen MR) is 95.1 cm³/mol. The average molecular weight is 438 g/mol. The summed E-state index contributed by atoms with van der Waals surface area (Å²) in [5, 5.41) is 6.74. The molecule has 1 aromatic carbocycles. The molecule has 1 aliphatic rings. The average Bonchev–Trinajstić information content (AvgIpc) is 3.02. The van der Waals surface area contributed by atoms with Gasteiger partial charge in [-0.1, -0.05) is 35.0 Å². The van der Waals surface area contributed by atoms with Crippen molar-refractivity contribution in [1.82, 2.24) is 10.6 Å². The SMILES string of the molecule is CCNC(=NCc1cccc(Br)c1)NC1CC1C.I. The first-order valence-electron chi connectivity index (χ1n) is 6.48. The molecule has 106 valence electrons. The number of guanidine groups is 1. The summed E-state index contributed by atoms with van der Waals surface area (Å²) in [5.41, 5.74) is 1.21. The number of aliphatic imine (C=N–C) groups is 1. The first-order chi connectivity index (χ1) is 8.69. The van der Waals surface area contributed by atoms with Crippen molar-refractivity contribution in [3.63, 3.8) is 0 Å². The van der Waals surface area contributed by atoms with Gasteiger partial charge >= 0.3 is 0 Å². The number of hydrogen-bond acceptors (Lipinski definition) is 1. The van der Waals surface area contributed by atoms with Crippen molar-refractivity contribution >= 4 is 45.9 Å². The summed E-state index contributed by atoms with van der Waals surface area (Å²) in [6.45, 7) is 5.95. The molecule has 1 fully saturated rings. The fraction of sp³-hybridized carbons (Fsp3) is 0.500. The van der Waals surface area contributed by atoms with Gasteiger partial charge in [0.15, 0.2) is 5.96 Å². The Morgan fingerprint density at radius 1 is 1.47 bits per heavy atom. The van der Waals surface area contributed by atoms with E-state index in [1.54, 1.807) is 0 Å². The molecule has 2 atom stereocenters. The van der Waals surface area contributed by atoms with Gasteiger partial charge in [-0.25, -0.2) is 4.99 Å². The molecule has 2 N–H and O–H groups in total. The molecule has 2 rings (SSSR count). The van der Waals surface area contributed by atoms with E-state index in [0.29, 0.717) is 12.6 Å². The van der Waals surface area contributed by atoms with Gasteiger partial charge in [-0.2, -0.15) is 0 Å². The van der Waals surface area contributed by atoms with Crippen molar-refractivity contribution in [2.45, 2.75) is 32.9 Å². The molecule has 0 radical (unpaired) electrons. The van der Waals surface area contributed by atoms with Crippen molar-refractivity contribution in [3.05, 3.63) is 34.3 Å². The fourth-order valence-corrected chi connectivity index (χ4v) is 2.27. The monoisotopic (exact) mass is 437 g/mol. The van der Waals surface area contributed by atoms with E-state index >= 15 is 0 Å². The van der Waals surface area contributed by atoms with Crippen molar-refractivity contribution in [2.24, 2.45) is 10.9 Å². The summed E-state index contributed by atoms with van der Waals surface area (Å²) in [5.74, 6) is 1.70. The second-order valence-electron chi connectivity index (χ2n) is 4.79. The molecule has 0 bridgehead atoms. The summed E-state index contributed by atoms with van der Waals surface area (Å²) in [7, 11) is 0. The van der Waals surface area contributed by atoms with Crippen molar-refractivity contribution in [2.75, 3.05) is 6.54 Å². The van der Waals surface area contributed by atoms with Crippen LogP contribution in [-0.2, 0) is 6.54 Å². The molecule has 0 spiro atoms. The smallest absolute Gasteiger partial charge is 0.191 e. The second-order valence-corrected chi connectivity index (χ2v) is 5.70. The summed E-state index contributed by atoms with van der Waals surface area (Å²) in [4.78, 5) is 4.61. The molecule has 3 nitrogen and oxygen atoms in total. The third-order valence-electron chi connectivity index (χ3n) is 3.08. The molecule has 2 unspecified atom stereocenters. The summed E-state index contributed by atoms with van der Waals surface area (Å²) < 4.78 is 1.10. The van der Waals surface area contributed by atoms with Gasteiger partial charge in [0, 0.05) is 17.1 Å². The molecule has 0 aromatic heterocycles. The van der Waals surface area contributed by atoms with E-state index in [1.807, 2.05) is 12.1 Å². The quantitative estimate of drug-likeness (QED) is 0.429. The van der Waals surface area contributed by atoms with Crippen LogP contribution in [0.1, 0.15) is 25.8 Å². The Balaban J connectivity index is 0.00000180. The topological polar surface area (TPSA) is 36.4 Å². The summed E-state index contributed by atoms with van der Waals surface area (Å²) in [6.07, 6.45) is 1.25. The lowest BCUT2D eigenvalue weighted by Crippen LogP contribution is -2.39. The highest BCUT2D eigenvalue weighted by molar-refractivity contribution is 14.0. The Bertz CT molecular complexity index is 436. The minimum absolute atomic E-state index is 0. The molecule has 19 heavy (non-hydrogen) atoms. The summed E-state index contributed by atoms with van der Waals surface area (Å²) >= 11 is 3.48.